The highest BCUT2D eigenvalue weighted by atomic mass is 16.2. The van der Waals surface area contributed by atoms with Crippen LogP contribution in [0.1, 0.15) is 17.5 Å². The second kappa shape index (κ2) is 4.66. The van der Waals surface area contributed by atoms with E-state index >= 15 is 0 Å². The number of hydrogen-bond donors (Lipinski definition) is 2. The quantitative estimate of drug-likeness (QED) is 0.640. The van der Waals surface area contributed by atoms with E-state index in [0.29, 0.717) is 0 Å². The van der Waals surface area contributed by atoms with Gasteiger partial charge >= 0.3 is 0 Å². The first kappa shape index (κ1) is 10.6. The summed E-state index contributed by atoms with van der Waals surface area (Å²) in [6, 6.07) is 0.0519. The first-order chi connectivity index (χ1) is 6.59. The Hall–Kier alpha value is -1.50. The standard InChI is InChI=1S/C7H14N6O/c1-5(4-13(2)3)8-7(14)6-9-11-12-10-6/h5H,4H2,1-3H3,(H,8,14)(H,9,10,11,12). The van der Waals surface area contributed by atoms with Crippen LogP contribution in [0.3, 0.4) is 0 Å². The molecular weight excluding hydrogens is 184 g/mol. The monoisotopic (exact) mass is 198 g/mol. The maximum atomic E-state index is 11.4. The number of tetrazole rings is 1. The van der Waals surface area contributed by atoms with Gasteiger partial charge in [-0.15, -0.1) is 10.2 Å². The highest BCUT2D eigenvalue weighted by molar-refractivity contribution is 5.90. The van der Waals surface area contributed by atoms with Crippen LogP contribution in [0, 0.1) is 0 Å². The summed E-state index contributed by atoms with van der Waals surface area (Å²) in [5, 5.41) is 15.4. The van der Waals surface area contributed by atoms with E-state index in [1.54, 1.807) is 0 Å². The van der Waals surface area contributed by atoms with Gasteiger partial charge in [-0.1, -0.05) is 0 Å². The lowest BCUT2D eigenvalue weighted by atomic mass is 10.3. The van der Waals surface area contributed by atoms with E-state index in [1.807, 2.05) is 25.9 Å². The SMILES string of the molecule is CC(CN(C)C)NC(=O)c1nn[nH]n1. The average molecular weight is 198 g/mol. The average Bonchev–Trinajstić information content (AvgIpc) is 2.53. The van der Waals surface area contributed by atoms with Gasteiger partial charge in [0.15, 0.2) is 0 Å². The molecule has 1 aromatic heterocycles. The zero-order chi connectivity index (χ0) is 10.6. The summed E-state index contributed by atoms with van der Waals surface area (Å²) in [4.78, 5) is 13.4. The zero-order valence-corrected chi connectivity index (χ0v) is 8.48. The molecule has 0 spiro atoms. The molecule has 1 rings (SSSR count). The van der Waals surface area contributed by atoms with Gasteiger partial charge < -0.3 is 10.2 Å². The summed E-state index contributed by atoms with van der Waals surface area (Å²) in [5.41, 5.74) is 0. The molecule has 0 aromatic carbocycles. The highest BCUT2D eigenvalue weighted by Gasteiger charge is 2.13. The molecule has 0 saturated heterocycles. The molecule has 0 fully saturated rings. The number of amides is 1. The fraction of sp³-hybridized carbons (Fsp3) is 0.714. The molecule has 1 unspecified atom stereocenters. The van der Waals surface area contributed by atoms with Crippen LogP contribution in [0.25, 0.3) is 0 Å². The van der Waals surface area contributed by atoms with Crippen LogP contribution in [0.2, 0.25) is 0 Å². The molecule has 14 heavy (non-hydrogen) atoms. The summed E-state index contributed by atoms with van der Waals surface area (Å²) in [5.74, 6) is -0.247. The van der Waals surface area contributed by atoms with E-state index in [4.69, 9.17) is 0 Å². The molecule has 1 amide bonds. The summed E-state index contributed by atoms with van der Waals surface area (Å²) in [7, 11) is 3.88. The Labute approximate surface area is 81.9 Å². The predicted octanol–water partition coefficient (Wildman–Crippen LogP) is -1.12. The summed E-state index contributed by atoms with van der Waals surface area (Å²) >= 11 is 0. The molecule has 1 aromatic rings. The number of aromatic amines is 1. The molecule has 0 bridgehead atoms. The second-order valence-electron chi connectivity index (χ2n) is 3.37. The fourth-order valence-electron chi connectivity index (χ4n) is 1.14. The topological polar surface area (TPSA) is 86.8 Å². The van der Waals surface area contributed by atoms with Gasteiger partial charge in [-0.3, -0.25) is 4.79 Å². The molecule has 0 saturated carbocycles. The molecule has 78 valence electrons. The molecule has 0 radical (unpaired) electrons. The van der Waals surface area contributed by atoms with Crippen LogP contribution in [-0.2, 0) is 0 Å². The third-order valence-electron chi connectivity index (χ3n) is 1.56. The third-order valence-corrected chi connectivity index (χ3v) is 1.56. The molecule has 0 aliphatic carbocycles. The van der Waals surface area contributed by atoms with Crippen molar-refractivity contribution in [3.8, 4) is 0 Å². The van der Waals surface area contributed by atoms with Crippen molar-refractivity contribution in [2.75, 3.05) is 20.6 Å². The van der Waals surface area contributed by atoms with Crippen molar-refractivity contribution in [1.29, 1.82) is 0 Å². The van der Waals surface area contributed by atoms with Crippen molar-refractivity contribution in [3.05, 3.63) is 5.82 Å². The van der Waals surface area contributed by atoms with Crippen molar-refractivity contribution < 1.29 is 4.79 Å². The predicted molar refractivity (Wildman–Crippen MR) is 49.7 cm³/mol. The van der Waals surface area contributed by atoms with Crippen LogP contribution in [0.4, 0.5) is 0 Å². The minimum absolute atomic E-state index is 0.0519. The number of nitrogens with one attached hydrogen (secondary N) is 2. The molecule has 0 aliphatic rings. The number of H-pyrrole nitrogens is 1. The van der Waals surface area contributed by atoms with Crippen LogP contribution in [-0.4, -0.2) is 58.1 Å². The van der Waals surface area contributed by atoms with Gasteiger partial charge in [-0.05, 0) is 26.2 Å². The Morgan fingerprint density at radius 2 is 2.36 bits per heavy atom. The highest BCUT2D eigenvalue weighted by Crippen LogP contribution is 1.89. The van der Waals surface area contributed by atoms with Gasteiger partial charge in [0, 0.05) is 12.6 Å². The third kappa shape index (κ3) is 3.09. The normalized spacial score (nSPS) is 12.9. The Balaban J connectivity index is 2.41. The van der Waals surface area contributed by atoms with E-state index in [1.165, 1.54) is 0 Å². The van der Waals surface area contributed by atoms with Crippen LogP contribution >= 0.6 is 0 Å². The van der Waals surface area contributed by atoms with Crippen LogP contribution in [0.15, 0.2) is 0 Å². The Morgan fingerprint density at radius 3 is 2.86 bits per heavy atom. The van der Waals surface area contributed by atoms with Gasteiger partial charge in [0.1, 0.15) is 0 Å². The molecule has 7 nitrogen and oxygen atoms in total. The maximum absolute atomic E-state index is 11.4. The van der Waals surface area contributed by atoms with Crippen LogP contribution in [0.5, 0.6) is 0 Å². The van der Waals surface area contributed by atoms with Gasteiger partial charge in [0.25, 0.3) is 11.7 Å². The summed E-state index contributed by atoms with van der Waals surface area (Å²) in [6.07, 6.45) is 0. The van der Waals surface area contributed by atoms with Gasteiger partial charge in [-0.2, -0.15) is 5.21 Å². The summed E-state index contributed by atoms with van der Waals surface area (Å²) in [6.45, 7) is 2.68. The first-order valence-corrected chi connectivity index (χ1v) is 4.28. The molecule has 2 N–H and O–H groups in total. The molecule has 7 heteroatoms. The van der Waals surface area contributed by atoms with E-state index in [9.17, 15) is 4.79 Å². The number of carbonyl (C=O) groups excluding carboxylic acids is 1. The van der Waals surface area contributed by atoms with Crippen molar-refractivity contribution >= 4 is 5.91 Å². The van der Waals surface area contributed by atoms with Crippen molar-refractivity contribution in [3.63, 3.8) is 0 Å². The van der Waals surface area contributed by atoms with Gasteiger partial charge in [0.2, 0.25) is 0 Å². The number of likely N-dealkylation sites (N-methyl/N-ethyl adjacent to an activating group) is 1. The fourth-order valence-corrected chi connectivity index (χ4v) is 1.14. The van der Waals surface area contributed by atoms with E-state index < -0.39 is 0 Å². The van der Waals surface area contributed by atoms with Crippen LogP contribution < -0.4 is 5.32 Å². The molecule has 1 heterocycles. The number of rotatable bonds is 4. The molecular formula is C7H14N6O. The van der Waals surface area contributed by atoms with E-state index in [0.717, 1.165) is 6.54 Å². The van der Waals surface area contributed by atoms with Gasteiger partial charge in [0.05, 0.1) is 0 Å². The molecule has 0 aliphatic heterocycles. The maximum Gasteiger partial charge on any atom is 0.293 e. The lowest BCUT2D eigenvalue weighted by Gasteiger charge is -2.17. The lowest BCUT2D eigenvalue weighted by Crippen LogP contribution is -2.39. The minimum atomic E-state index is -0.312. The second-order valence-corrected chi connectivity index (χ2v) is 3.37. The Kier molecular flexibility index (Phi) is 3.52. The Bertz CT molecular complexity index is 282. The number of nitrogens with zero attached hydrogens (tertiary/aromatic N) is 4. The lowest BCUT2D eigenvalue weighted by molar-refractivity contribution is 0.0924. The van der Waals surface area contributed by atoms with E-state index in [-0.39, 0.29) is 17.8 Å². The van der Waals surface area contributed by atoms with Crippen molar-refractivity contribution in [1.82, 2.24) is 30.8 Å². The molecule has 1 atom stereocenters. The summed E-state index contributed by atoms with van der Waals surface area (Å²) < 4.78 is 0. The van der Waals surface area contributed by atoms with Crippen molar-refractivity contribution in [2.45, 2.75) is 13.0 Å². The van der Waals surface area contributed by atoms with Crippen molar-refractivity contribution in [2.24, 2.45) is 0 Å². The largest absolute Gasteiger partial charge is 0.345 e. The van der Waals surface area contributed by atoms with E-state index in [2.05, 4.69) is 25.9 Å². The zero-order valence-electron chi connectivity index (χ0n) is 8.48. The number of aromatic nitrogens is 4. The minimum Gasteiger partial charge on any atom is -0.345 e. The number of hydrogen-bond acceptors (Lipinski definition) is 5. The number of carbonyl (C=O) groups is 1. The smallest absolute Gasteiger partial charge is 0.293 e. The van der Waals surface area contributed by atoms with Gasteiger partial charge in [-0.25, -0.2) is 0 Å². The first-order valence-electron chi connectivity index (χ1n) is 4.28. The Morgan fingerprint density at radius 1 is 1.64 bits per heavy atom.